The van der Waals surface area contributed by atoms with E-state index in [0.29, 0.717) is 17.3 Å². The number of furan rings is 1. The summed E-state index contributed by atoms with van der Waals surface area (Å²) in [5.74, 6) is 1.26. The third kappa shape index (κ3) is 1.55. The molecule has 20 heavy (non-hydrogen) atoms. The Kier molecular flexibility index (Phi) is 2.37. The van der Waals surface area contributed by atoms with E-state index in [4.69, 9.17) is 10.2 Å². The van der Waals surface area contributed by atoms with E-state index in [1.54, 1.807) is 23.8 Å². The lowest BCUT2D eigenvalue weighted by Crippen LogP contribution is -1.95. The molecule has 0 fully saturated rings. The quantitative estimate of drug-likeness (QED) is 0.612. The smallest absolute Gasteiger partial charge is 0.196 e. The predicted octanol–water partition coefficient (Wildman–Crippen LogP) is 3.30. The van der Waals surface area contributed by atoms with Crippen LogP contribution in [-0.4, -0.2) is 14.4 Å². The normalized spacial score (nSPS) is 11.2. The fourth-order valence-electron chi connectivity index (χ4n) is 2.19. The molecule has 0 saturated heterocycles. The van der Waals surface area contributed by atoms with Gasteiger partial charge in [-0.1, -0.05) is 0 Å². The Morgan fingerprint density at radius 2 is 2.20 bits per heavy atom. The number of pyridine rings is 1. The number of hydrogen-bond donors (Lipinski definition) is 1. The summed E-state index contributed by atoms with van der Waals surface area (Å²) >= 11 is 1.54. The molecule has 4 heterocycles. The zero-order valence-corrected chi connectivity index (χ0v) is 11.2. The molecule has 0 atom stereocenters. The van der Waals surface area contributed by atoms with Crippen molar-refractivity contribution in [2.45, 2.75) is 0 Å². The van der Waals surface area contributed by atoms with Crippen LogP contribution in [-0.2, 0) is 0 Å². The lowest BCUT2D eigenvalue weighted by molar-refractivity contribution is 0.581. The van der Waals surface area contributed by atoms with Crippen LogP contribution in [0.2, 0.25) is 0 Å². The van der Waals surface area contributed by atoms with Crippen LogP contribution in [0.1, 0.15) is 0 Å². The standard InChI is InChI=1S/C14H10N4OS/c15-13-12(11-4-2-6-19-11)17-14-18(13)10(8-20-14)9-3-1-5-16-7-9/h1-8H,15H2. The van der Waals surface area contributed by atoms with Crippen molar-refractivity contribution in [1.29, 1.82) is 0 Å². The maximum atomic E-state index is 6.24. The number of rotatable bonds is 2. The number of nitrogens with two attached hydrogens (primary N) is 1. The second-order valence-corrected chi connectivity index (χ2v) is 5.14. The predicted molar refractivity (Wildman–Crippen MR) is 78.4 cm³/mol. The first-order valence-electron chi connectivity index (χ1n) is 6.04. The molecule has 0 saturated carbocycles. The molecule has 0 bridgehead atoms. The molecule has 0 aromatic carbocycles. The highest BCUT2D eigenvalue weighted by atomic mass is 32.1. The average molecular weight is 282 g/mol. The van der Waals surface area contributed by atoms with Gasteiger partial charge in [0.2, 0.25) is 0 Å². The second kappa shape index (κ2) is 4.21. The molecule has 0 aliphatic heterocycles. The maximum Gasteiger partial charge on any atom is 0.196 e. The topological polar surface area (TPSA) is 69.3 Å². The van der Waals surface area contributed by atoms with E-state index in [-0.39, 0.29) is 0 Å². The van der Waals surface area contributed by atoms with Crippen molar-refractivity contribution >= 4 is 22.1 Å². The number of fused-ring (bicyclic) bond motifs is 1. The Labute approximate surface area is 118 Å². The van der Waals surface area contributed by atoms with Gasteiger partial charge in [0.05, 0.1) is 12.0 Å². The molecule has 4 aromatic rings. The SMILES string of the molecule is Nc1c(-c2ccco2)nc2scc(-c3cccnc3)n12. The van der Waals surface area contributed by atoms with Crippen molar-refractivity contribution in [2.75, 3.05) is 5.73 Å². The van der Waals surface area contributed by atoms with Gasteiger partial charge in [0.15, 0.2) is 10.7 Å². The molecule has 98 valence electrons. The molecule has 0 radical (unpaired) electrons. The fourth-order valence-corrected chi connectivity index (χ4v) is 3.10. The van der Waals surface area contributed by atoms with Crippen LogP contribution in [0.5, 0.6) is 0 Å². The van der Waals surface area contributed by atoms with Gasteiger partial charge in [0.25, 0.3) is 0 Å². The van der Waals surface area contributed by atoms with Crippen LogP contribution in [0.15, 0.2) is 52.7 Å². The van der Waals surface area contributed by atoms with Gasteiger partial charge in [-0.15, -0.1) is 11.3 Å². The van der Waals surface area contributed by atoms with E-state index in [1.165, 1.54) is 0 Å². The van der Waals surface area contributed by atoms with E-state index >= 15 is 0 Å². The summed E-state index contributed by atoms with van der Waals surface area (Å²) in [6.07, 6.45) is 5.18. The van der Waals surface area contributed by atoms with E-state index in [9.17, 15) is 0 Å². The van der Waals surface area contributed by atoms with Crippen LogP contribution in [0.25, 0.3) is 27.7 Å². The van der Waals surface area contributed by atoms with Gasteiger partial charge in [0, 0.05) is 23.3 Å². The first kappa shape index (κ1) is 11.2. The van der Waals surface area contributed by atoms with Gasteiger partial charge < -0.3 is 10.2 Å². The van der Waals surface area contributed by atoms with Gasteiger partial charge in [0.1, 0.15) is 11.5 Å². The van der Waals surface area contributed by atoms with Crippen LogP contribution in [0.3, 0.4) is 0 Å². The Balaban J connectivity index is 1.97. The third-order valence-electron chi connectivity index (χ3n) is 3.11. The highest BCUT2D eigenvalue weighted by Crippen LogP contribution is 2.34. The summed E-state index contributed by atoms with van der Waals surface area (Å²) in [4.78, 5) is 9.53. The number of aromatic nitrogens is 3. The van der Waals surface area contributed by atoms with Crippen LogP contribution < -0.4 is 5.73 Å². The summed E-state index contributed by atoms with van der Waals surface area (Å²) in [6, 6.07) is 7.58. The van der Waals surface area contributed by atoms with E-state index in [2.05, 4.69) is 9.97 Å². The molecule has 6 heteroatoms. The third-order valence-corrected chi connectivity index (χ3v) is 3.94. The van der Waals surface area contributed by atoms with Gasteiger partial charge >= 0.3 is 0 Å². The van der Waals surface area contributed by atoms with Gasteiger partial charge in [-0.3, -0.25) is 9.38 Å². The van der Waals surface area contributed by atoms with Crippen LogP contribution >= 0.6 is 11.3 Å². The molecule has 4 rings (SSSR count). The van der Waals surface area contributed by atoms with Crippen molar-refractivity contribution in [3.63, 3.8) is 0 Å². The molecule has 0 aliphatic rings. The zero-order valence-electron chi connectivity index (χ0n) is 10.4. The fraction of sp³-hybridized carbons (Fsp3) is 0. The molecular weight excluding hydrogens is 272 g/mol. The molecular formula is C14H10N4OS. The number of nitrogen functional groups attached to an aromatic ring is 1. The van der Waals surface area contributed by atoms with Gasteiger partial charge in [-0.25, -0.2) is 4.98 Å². The molecule has 0 unspecified atom stereocenters. The highest BCUT2D eigenvalue weighted by molar-refractivity contribution is 7.15. The number of nitrogens with zero attached hydrogens (tertiary/aromatic N) is 3. The Hall–Kier alpha value is -2.60. The summed E-state index contributed by atoms with van der Waals surface area (Å²) in [5, 5.41) is 2.03. The minimum atomic E-state index is 0.579. The molecule has 0 aliphatic carbocycles. The van der Waals surface area contributed by atoms with Crippen molar-refractivity contribution in [2.24, 2.45) is 0 Å². The van der Waals surface area contributed by atoms with Crippen molar-refractivity contribution < 1.29 is 4.42 Å². The number of hydrogen-bond acceptors (Lipinski definition) is 5. The first-order valence-corrected chi connectivity index (χ1v) is 6.92. The molecule has 5 nitrogen and oxygen atoms in total. The first-order chi connectivity index (χ1) is 9.84. The van der Waals surface area contributed by atoms with Crippen molar-refractivity contribution in [1.82, 2.24) is 14.4 Å². The monoisotopic (exact) mass is 282 g/mol. The van der Waals surface area contributed by atoms with Gasteiger partial charge in [-0.2, -0.15) is 0 Å². The summed E-state index contributed by atoms with van der Waals surface area (Å²) in [7, 11) is 0. The minimum absolute atomic E-state index is 0.579. The largest absolute Gasteiger partial charge is 0.463 e. The van der Waals surface area contributed by atoms with Crippen LogP contribution in [0, 0.1) is 0 Å². The molecule has 0 spiro atoms. The average Bonchev–Trinajstić information content (AvgIpc) is 3.18. The summed E-state index contributed by atoms with van der Waals surface area (Å²) in [6.45, 7) is 0. The maximum absolute atomic E-state index is 6.24. The van der Waals surface area contributed by atoms with Crippen LogP contribution in [0.4, 0.5) is 5.82 Å². The number of anilines is 1. The van der Waals surface area contributed by atoms with E-state index < -0.39 is 0 Å². The Morgan fingerprint density at radius 3 is 2.95 bits per heavy atom. The summed E-state index contributed by atoms with van der Waals surface area (Å²) < 4.78 is 7.31. The molecule has 0 amide bonds. The van der Waals surface area contributed by atoms with Crippen molar-refractivity contribution in [3.05, 3.63) is 48.3 Å². The summed E-state index contributed by atoms with van der Waals surface area (Å²) in [5.41, 5.74) is 8.91. The Morgan fingerprint density at radius 1 is 1.25 bits per heavy atom. The van der Waals surface area contributed by atoms with Crippen molar-refractivity contribution in [3.8, 4) is 22.7 Å². The van der Waals surface area contributed by atoms with E-state index in [0.717, 1.165) is 16.2 Å². The highest BCUT2D eigenvalue weighted by Gasteiger charge is 2.18. The molecule has 4 aromatic heterocycles. The van der Waals surface area contributed by atoms with Gasteiger partial charge in [-0.05, 0) is 24.3 Å². The second-order valence-electron chi connectivity index (χ2n) is 4.30. The molecule has 2 N–H and O–H groups in total. The zero-order chi connectivity index (χ0) is 13.5. The number of thiazole rings is 1. The lowest BCUT2D eigenvalue weighted by Gasteiger charge is -2.01. The number of imidazole rings is 1. The minimum Gasteiger partial charge on any atom is -0.463 e. The van der Waals surface area contributed by atoms with E-state index in [1.807, 2.05) is 40.2 Å². The lowest BCUT2D eigenvalue weighted by atomic mass is 10.2. The Bertz CT molecular complexity index is 862.